The van der Waals surface area contributed by atoms with E-state index in [9.17, 15) is 13.6 Å². The molecule has 0 aliphatic carbocycles. The molecule has 3 heterocycles. The van der Waals surface area contributed by atoms with Gasteiger partial charge in [-0.15, -0.1) is 0 Å². The molecule has 1 aromatic carbocycles. The summed E-state index contributed by atoms with van der Waals surface area (Å²) >= 11 is 0. The van der Waals surface area contributed by atoms with Gasteiger partial charge in [0.1, 0.15) is 18.4 Å². The second kappa shape index (κ2) is 10.1. The molecule has 4 rings (SSSR count). The lowest BCUT2D eigenvalue weighted by molar-refractivity contribution is -0.138. The number of amides is 1. The first-order valence-corrected chi connectivity index (χ1v) is 9.95. The Kier molecular flexibility index (Phi) is 6.85. The molecule has 1 saturated heterocycles. The van der Waals surface area contributed by atoms with Gasteiger partial charge in [-0.05, 0) is 11.6 Å². The van der Waals surface area contributed by atoms with Crippen molar-refractivity contribution in [2.24, 2.45) is 0 Å². The summed E-state index contributed by atoms with van der Waals surface area (Å²) in [6.07, 6.45) is 3.89. The fraction of sp³-hybridized carbons (Fsp3) is 0.333. The summed E-state index contributed by atoms with van der Waals surface area (Å²) in [6.45, 7) is -3.01. The molecule has 0 radical (unpaired) electrons. The molecule has 0 unspecified atom stereocenters. The second-order valence-electron chi connectivity index (χ2n) is 7.09. The maximum atomic E-state index is 12.6. The summed E-state index contributed by atoms with van der Waals surface area (Å²) in [6, 6.07) is 12.0. The number of hydrogen-bond acceptors (Lipinski definition) is 7. The van der Waals surface area contributed by atoms with Gasteiger partial charge < -0.3 is 14.2 Å². The summed E-state index contributed by atoms with van der Waals surface area (Å²) in [5, 5.41) is 8.05. The molecule has 1 fully saturated rings. The van der Waals surface area contributed by atoms with Gasteiger partial charge in [-0.25, -0.2) is 9.78 Å². The number of carbonyl (C=O) groups excluding carboxylic acids is 1. The highest BCUT2D eigenvalue weighted by molar-refractivity contribution is 5.68. The first-order valence-electron chi connectivity index (χ1n) is 9.95. The summed E-state index contributed by atoms with van der Waals surface area (Å²) in [7, 11) is 0. The number of rotatable bonds is 8. The van der Waals surface area contributed by atoms with E-state index in [4.69, 9.17) is 9.47 Å². The van der Waals surface area contributed by atoms with E-state index < -0.39 is 24.9 Å². The molecule has 1 aliphatic heterocycles. The number of hydrogen-bond donors (Lipinski definition) is 0. The van der Waals surface area contributed by atoms with E-state index in [0.717, 1.165) is 5.56 Å². The third-order valence-electron chi connectivity index (χ3n) is 4.89. The first kappa shape index (κ1) is 21.6. The summed E-state index contributed by atoms with van der Waals surface area (Å²) < 4.78 is 40.8. The number of nitrogens with zero attached hydrogens (tertiary/aromatic N) is 5. The van der Waals surface area contributed by atoms with Gasteiger partial charge >= 0.3 is 12.7 Å². The van der Waals surface area contributed by atoms with Gasteiger partial charge in [-0.2, -0.15) is 23.8 Å². The topological polar surface area (TPSA) is 91.6 Å². The molecule has 0 bridgehead atoms. The van der Waals surface area contributed by atoms with Crippen LogP contribution in [0.2, 0.25) is 0 Å². The van der Waals surface area contributed by atoms with Crippen molar-refractivity contribution in [2.45, 2.75) is 31.8 Å². The van der Waals surface area contributed by atoms with Crippen LogP contribution in [0.25, 0.3) is 5.69 Å². The smallest absolute Gasteiger partial charge is 0.410 e. The van der Waals surface area contributed by atoms with Crippen molar-refractivity contribution in [3.63, 3.8) is 0 Å². The largest absolute Gasteiger partial charge is 0.472 e. The van der Waals surface area contributed by atoms with Crippen LogP contribution in [-0.2, 0) is 16.1 Å². The number of benzene rings is 1. The molecule has 1 amide bonds. The van der Waals surface area contributed by atoms with Crippen molar-refractivity contribution >= 4 is 6.09 Å². The normalized spacial score (nSPS) is 18.2. The number of ether oxygens (including phenoxy) is 3. The zero-order valence-corrected chi connectivity index (χ0v) is 17.0. The molecule has 32 heavy (non-hydrogen) atoms. The molecule has 2 atom stereocenters. The zero-order chi connectivity index (χ0) is 22.3. The van der Waals surface area contributed by atoms with Crippen molar-refractivity contribution in [1.82, 2.24) is 24.9 Å². The number of carbonyl (C=O) groups is 1. The van der Waals surface area contributed by atoms with Gasteiger partial charge in [0.15, 0.2) is 0 Å². The standard InChI is InChI=1S/C21H21F2N5O4/c22-20(23)30-14-17-10-18(12-27(17)21(29)31-13-15-4-2-1-3-5-15)32-19-7-6-16(11-24-19)28-25-8-9-26-28/h1-9,11,17-18,20H,10,12-14H2/t17-,18-/m0/s1. The van der Waals surface area contributed by atoms with E-state index in [1.165, 1.54) is 9.70 Å². The summed E-state index contributed by atoms with van der Waals surface area (Å²) in [4.78, 5) is 19.6. The average molecular weight is 445 g/mol. The van der Waals surface area contributed by atoms with Gasteiger partial charge in [0.25, 0.3) is 0 Å². The molecule has 1 aliphatic rings. The van der Waals surface area contributed by atoms with Crippen LogP contribution in [0.5, 0.6) is 5.88 Å². The molecule has 0 N–H and O–H groups in total. The van der Waals surface area contributed by atoms with Gasteiger partial charge in [0.05, 0.1) is 37.8 Å². The van der Waals surface area contributed by atoms with Gasteiger partial charge in [0.2, 0.25) is 5.88 Å². The number of halogens is 2. The number of likely N-dealkylation sites (tertiary alicyclic amines) is 1. The van der Waals surface area contributed by atoms with Crippen LogP contribution in [0.1, 0.15) is 12.0 Å². The lowest BCUT2D eigenvalue weighted by Gasteiger charge is -2.23. The van der Waals surface area contributed by atoms with Crippen LogP contribution in [-0.4, -0.2) is 62.9 Å². The average Bonchev–Trinajstić information content (AvgIpc) is 3.48. The third kappa shape index (κ3) is 5.55. The Hall–Kier alpha value is -3.60. The fourth-order valence-electron chi connectivity index (χ4n) is 3.41. The highest BCUT2D eigenvalue weighted by Gasteiger charge is 2.38. The van der Waals surface area contributed by atoms with Crippen LogP contribution in [0, 0.1) is 0 Å². The minimum Gasteiger partial charge on any atom is -0.472 e. The molecule has 168 valence electrons. The highest BCUT2D eigenvalue weighted by atomic mass is 19.3. The second-order valence-corrected chi connectivity index (χ2v) is 7.09. The van der Waals surface area contributed by atoms with E-state index in [-0.39, 0.29) is 19.8 Å². The lowest BCUT2D eigenvalue weighted by Crippen LogP contribution is -2.39. The molecular weight excluding hydrogens is 424 g/mol. The van der Waals surface area contributed by atoms with Crippen LogP contribution in [0.15, 0.2) is 61.1 Å². The molecule has 2 aromatic heterocycles. The summed E-state index contributed by atoms with van der Waals surface area (Å²) in [5.41, 5.74) is 1.48. The van der Waals surface area contributed by atoms with Gasteiger partial charge in [-0.3, -0.25) is 4.90 Å². The predicted octanol–water partition coefficient (Wildman–Crippen LogP) is 3.06. The van der Waals surface area contributed by atoms with E-state index in [1.807, 2.05) is 30.3 Å². The number of pyridine rings is 1. The van der Waals surface area contributed by atoms with Crippen molar-refractivity contribution in [3.8, 4) is 11.6 Å². The van der Waals surface area contributed by atoms with Crippen molar-refractivity contribution in [1.29, 1.82) is 0 Å². The minimum absolute atomic E-state index is 0.0780. The Labute approximate surface area is 182 Å². The van der Waals surface area contributed by atoms with Crippen LogP contribution < -0.4 is 4.74 Å². The minimum atomic E-state index is -2.93. The van der Waals surface area contributed by atoms with E-state index in [0.29, 0.717) is 18.0 Å². The van der Waals surface area contributed by atoms with Gasteiger partial charge in [0, 0.05) is 12.5 Å². The zero-order valence-electron chi connectivity index (χ0n) is 17.0. The Morgan fingerprint density at radius 3 is 2.59 bits per heavy atom. The Morgan fingerprint density at radius 1 is 1.12 bits per heavy atom. The van der Waals surface area contributed by atoms with Crippen molar-refractivity contribution in [3.05, 3.63) is 66.6 Å². The van der Waals surface area contributed by atoms with Crippen molar-refractivity contribution < 1.29 is 27.8 Å². The molecule has 0 saturated carbocycles. The number of aromatic nitrogens is 4. The fourth-order valence-corrected chi connectivity index (χ4v) is 3.41. The highest BCUT2D eigenvalue weighted by Crippen LogP contribution is 2.24. The lowest BCUT2D eigenvalue weighted by atomic mass is 10.2. The molecule has 11 heteroatoms. The predicted molar refractivity (Wildman–Crippen MR) is 107 cm³/mol. The van der Waals surface area contributed by atoms with Gasteiger partial charge in [-0.1, -0.05) is 30.3 Å². The number of alkyl halides is 2. The van der Waals surface area contributed by atoms with E-state index in [2.05, 4.69) is 19.9 Å². The van der Waals surface area contributed by atoms with E-state index >= 15 is 0 Å². The maximum absolute atomic E-state index is 12.6. The van der Waals surface area contributed by atoms with E-state index in [1.54, 1.807) is 30.7 Å². The molecular formula is C21H21F2N5O4. The summed E-state index contributed by atoms with van der Waals surface area (Å²) in [5.74, 6) is 0.332. The van der Waals surface area contributed by atoms with Crippen LogP contribution in [0.4, 0.5) is 13.6 Å². The van der Waals surface area contributed by atoms with Crippen LogP contribution in [0.3, 0.4) is 0 Å². The SMILES string of the molecule is O=C(OCc1ccccc1)N1C[C@@H](Oc2ccc(-n3nccn3)cn2)C[C@H]1COC(F)F. The van der Waals surface area contributed by atoms with Crippen LogP contribution >= 0.6 is 0 Å². The Balaban J connectivity index is 1.38. The maximum Gasteiger partial charge on any atom is 0.410 e. The molecule has 9 nitrogen and oxygen atoms in total. The first-order chi connectivity index (χ1) is 15.6. The molecule has 3 aromatic rings. The van der Waals surface area contributed by atoms with Crippen molar-refractivity contribution in [2.75, 3.05) is 13.2 Å². The third-order valence-corrected chi connectivity index (χ3v) is 4.89. The molecule has 0 spiro atoms. The Bertz CT molecular complexity index is 989. The quantitative estimate of drug-likeness (QED) is 0.526. The monoisotopic (exact) mass is 445 g/mol. The Morgan fingerprint density at radius 2 is 1.91 bits per heavy atom.